The summed E-state index contributed by atoms with van der Waals surface area (Å²) in [6.45, 7) is 5.55. The first-order valence-corrected chi connectivity index (χ1v) is 7.97. The van der Waals surface area contributed by atoms with Crippen LogP contribution < -0.4 is 11.1 Å². The molecule has 8 heteroatoms. The Bertz CT molecular complexity index is 789. The number of nitrogens with zero attached hydrogens (tertiary/aromatic N) is 3. The topological polar surface area (TPSA) is 119 Å². The van der Waals surface area contributed by atoms with Crippen molar-refractivity contribution in [2.24, 2.45) is 0 Å². The van der Waals surface area contributed by atoms with Gasteiger partial charge in [-0.25, -0.2) is 14.8 Å². The normalized spacial score (nSPS) is 18.3. The third kappa shape index (κ3) is 3.47. The molecule has 3 rings (SSSR count). The number of fused-ring (bicyclic) bond motifs is 1. The number of aromatic amines is 1. The predicted molar refractivity (Wildman–Crippen MR) is 91.1 cm³/mol. The fraction of sp³-hybridized carbons (Fsp3) is 0.500. The third-order valence-electron chi connectivity index (χ3n) is 3.83. The van der Waals surface area contributed by atoms with Gasteiger partial charge in [-0.05, 0) is 45.6 Å². The van der Waals surface area contributed by atoms with E-state index >= 15 is 0 Å². The Labute approximate surface area is 139 Å². The van der Waals surface area contributed by atoms with E-state index in [9.17, 15) is 4.79 Å². The molecule has 0 radical (unpaired) electrons. The molecule has 2 heterocycles. The minimum absolute atomic E-state index is 0.0615. The van der Waals surface area contributed by atoms with E-state index in [-0.39, 0.29) is 12.1 Å². The van der Waals surface area contributed by atoms with Crippen LogP contribution >= 0.6 is 0 Å². The molecule has 0 bridgehead atoms. The Morgan fingerprint density at radius 1 is 1.42 bits per heavy atom. The molecule has 0 saturated heterocycles. The molecule has 1 aliphatic carbocycles. The zero-order valence-electron chi connectivity index (χ0n) is 14.1. The van der Waals surface area contributed by atoms with Gasteiger partial charge in [-0.2, -0.15) is 5.10 Å². The van der Waals surface area contributed by atoms with Gasteiger partial charge < -0.3 is 15.8 Å². The quantitative estimate of drug-likeness (QED) is 0.778. The lowest BCUT2D eigenvalue weighted by atomic mass is 9.92. The maximum Gasteiger partial charge on any atom is 0.407 e. The lowest BCUT2D eigenvalue weighted by Gasteiger charge is -2.25. The fourth-order valence-electron chi connectivity index (χ4n) is 2.78. The first kappa shape index (κ1) is 16.2. The molecule has 0 aliphatic heterocycles. The monoisotopic (exact) mass is 330 g/mol. The number of H-pyrrole nitrogens is 1. The second-order valence-electron chi connectivity index (χ2n) is 6.90. The number of nitrogens with one attached hydrogen (secondary N) is 2. The molecular weight excluding hydrogens is 308 g/mol. The molecule has 2 aromatic rings. The average Bonchev–Trinajstić information content (AvgIpc) is 2.91. The van der Waals surface area contributed by atoms with Crippen LogP contribution in [0, 0.1) is 0 Å². The second-order valence-corrected chi connectivity index (χ2v) is 6.90. The summed E-state index contributed by atoms with van der Waals surface area (Å²) in [5, 5.41) is 10.8. The van der Waals surface area contributed by atoms with Crippen LogP contribution in [0.2, 0.25) is 0 Å². The first-order valence-electron chi connectivity index (χ1n) is 7.97. The van der Waals surface area contributed by atoms with E-state index in [4.69, 9.17) is 10.5 Å². The molecule has 0 spiro atoms. The lowest BCUT2D eigenvalue weighted by molar-refractivity contribution is 0.0502. The molecule has 1 amide bonds. The highest BCUT2D eigenvalue weighted by atomic mass is 16.6. The van der Waals surface area contributed by atoms with E-state index in [1.807, 2.05) is 20.8 Å². The summed E-state index contributed by atoms with van der Waals surface area (Å²) in [5.41, 5.74) is 7.99. The van der Waals surface area contributed by atoms with Crippen LogP contribution in [-0.2, 0) is 4.74 Å². The first-order chi connectivity index (χ1) is 11.3. The fourth-order valence-corrected chi connectivity index (χ4v) is 2.78. The number of alkyl carbamates (subject to hydrolysis) is 1. The number of carbonyl (C=O) groups is 1. The van der Waals surface area contributed by atoms with Crippen molar-refractivity contribution in [1.82, 2.24) is 25.5 Å². The van der Waals surface area contributed by atoms with Gasteiger partial charge in [-0.1, -0.05) is 6.08 Å². The van der Waals surface area contributed by atoms with Crippen molar-refractivity contribution >= 4 is 28.5 Å². The van der Waals surface area contributed by atoms with Gasteiger partial charge in [-0.3, -0.25) is 5.10 Å². The molecule has 1 aliphatic rings. The van der Waals surface area contributed by atoms with Crippen LogP contribution in [-0.4, -0.2) is 37.9 Å². The van der Waals surface area contributed by atoms with E-state index in [1.54, 1.807) is 0 Å². The van der Waals surface area contributed by atoms with Gasteiger partial charge in [0.2, 0.25) is 0 Å². The summed E-state index contributed by atoms with van der Waals surface area (Å²) in [4.78, 5) is 20.0. The maximum atomic E-state index is 11.9. The standard InChI is InChI=1S/C16H22N6O2/c1-16(2,3)24-15(23)20-10-6-4-9(5-7-10)12-11-13(17)18-8-19-14(11)22-21-12/h4,8,10H,5-7H2,1-3H3,(H,20,23)(H3,17,18,19,21,22). The Morgan fingerprint density at radius 3 is 2.88 bits per heavy atom. The smallest absolute Gasteiger partial charge is 0.407 e. The van der Waals surface area contributed by atoms with Crippen LogP contribution in [0.15, 0.2) is 12.4 Å². The zero-order valence-corrected chi connectivity index (χ0v) is 14.1. The Balaban J connectivity index is 1.70. The summed E-state index contributed by atoms with van der Waals surface area (Å²) < 4.78 is 5.29. The van der Waals surface area contributed by atoms with E-state index in [2.05, 4.69) is 31.6 Å². The minimum Gasteiger partial charge on any atom is -0.444 e. The van der Waals surface area contributed by atoms with Gasteiger partial charge in [0.05, 0.1) is 11.1 Å². The van der Waals surface area contributed by atoms with Crippen LogP contribution in [0.5, 0.6) is 0 Å². The SMILES string of the molecule is CC(C)(C)OC(=O)NC1CC=C(c2[nH]nc3ncnc(N)c23)CC1. The summed E-state index contributed by atoms with van der Waals surface area (Å²) in [6, 6.07) is 0.0615. The highest BCUT2D eigenvalue weighted by molar-refractivity contribution is 5.95. The number of hydrogen-bond acceptors (Lipinski definition) is 6. The van der Waals surface area contributed by atoms with Crippen LogP contribution in [0.25, 0.3) is 16.6 Å². The zero-order chi connectivity index (χ0) is 17.3. The average molecular weight is 330 g/mol. The van der Waals surface area contributed by atoms with Gasteiger partial charge in [0.1, 0.15) is 17.7 Å². The van der Waals surface area contributed by atoms with Crippen molar-refractivity contribution in [2.75, 3.05) is 5.73 Å². The van der Waals surface area contributed by atoms with Crippen molar-refractivity contribution in [1.29, 1.82) is 0 Å². The molecule has 128 valence electrons. The summed E-state index contributed by atoms with van der Waals surface area (Å²) >= 11 is 0. The summed E-state index contributed by atoms with van der Waals surface area (Å²) in [5.74, 6) is 0.415. The molecular formula is C16H22N6O2. The number of allylic oxidation sites excluding steroid dienone is 1. The Hall–Kier alpha value is -2.64. The van der Waals surface area contributed by atoms with Crippen molar-refractivity contribution in [3.05, 3.63) is 18.1 Å². The van der Waals surface area contributed by atoms with Crippen LogP contribution in [0.4, 0.5) is 10.6 Å². The summed E-state index contributed by atoms with van der Waals surface area (Å²) in [6.07, 6.45) is 5.45. The largest absolute Gasteiger partial charge is 0.444 e. The molecule has 2 aromatic heterocycles. The molecule has 1 atom stereocenters. The lowest BCUT2D eigenvalue weighted by Crippen LogP contribution is -2.39. The number of hydrogen-bond donors (Lipinski definition) is 3. The van der Waals surface area contributed by atoms with Crippen molar-refractivity contribution in [3.8, 4) is 0 Å². The van der Waals surface area contributed by atoms with E-state index < -0.39 is 5.60 Å². The number of amides is 1. The van der Waals surface area contributed by atoms with E-state index in [1.165, 1.54) is 6.33 Å². The summed E-state index contributed by atoms with van der Waals surface area (Å²) in [7, 11) is 0. The van der Waals surface area contributed by atoms with Crippen molar-refractivity contribution in [3.63, 3.8) is 0 Å². The van der Waals surface area contributed by atoms with Crippen molar-refractivity contribution in [2.45, 2.75) is 51.7 Å². The maximum absolute atomic E-state index is 11.9. The number of anilines is 1. The predicted octanol–water partition coefficient (Wildman–Crippen LogP) is 2.40. The number of nitrogens with two attached hydrogens (primary N) is 1. The van der Waals surface area contributed by atoms with Gasteiger partial charge >= 0.3 is 6.09 Å². The molecule has 4 N–H and O–H groups in total. The Morgan fingerprint density at radius 2 is 2.21 bits per heavy atom. The molecule has 8 nitrogen and oxygen atoms in total. The number of rotatable bonds is 2. The van der Waals surface area contributed by atoms with Gasteiger partial charge in [0, 0.05) is 6.04 Å². The van der Waals surface area contributed by atoms with Crippen LogP contribution in [0.1, 0.15) is 45.7 Å². The van der Waals surface area contributed by atoms with Gasteiger partial charge in [-0.15, -0.1) is 0 Å². The molecule has 0 aromatic carbocycles. The van der Waals surface area contributed by atoms with Gasteiger partial charge in [0.25, 0.3) is 0 Å². The second kappa shape index (κ2) is 6.10. The molecule has 1 unspecified atom stereocenters. The van der Waals surface area contributed by atoms with E-state index in [0.717, 1.165) is 35.9 Å². The number of aromatic nitrogens is 4. The molecule has 24 heavy (non-hydrogen) atoms. The number of nitrogen functional groups attached to an aromatic ring is 1. The molecule has 0 fully saturated rings. The van der Waals surface area contributed by atoms with E-state index in [0.29, 0.717) is 11.5 Å². The number of carbonyl (C=O) groups excluding carboxylic acids is 1. The van der Waals surface area contributed by atoms with Crippen molar-refractivity contribution < 1.29 is 9.53 Å². The third-order valence-corrected chi connectivity index (χ3v) is 3.83. The van der Waals surface area contributed by atoms with Gasteiger partial charge in [0.15, 0.2) is 5.65 Å². The van der Waals surface area contributed by atoms with Crippen LogP contribution in [0.3, 0.4) is 0 Å². The molecule has 0 saturated carbocycles. The highest BCUT2D eigenvalue weighted by Gasteiger charge is 2.23. The highest BCUT2D eigenvalue weighted by Crippen LogP contribution is 2.31. The minimum atomic E-state index is -0.494. The Kier molecular flexibility index (Phi) is 4.13. The number of ether oxygens (including phenoxy) is 1.